The standard InChI is InChI=1S/C9H12N2O2/c1-6-3-7-4-10-13-8(7)5-11(2)9(6)12/h4,6H,3,5H2,1-2H3. The SMILES string of the molecule is CC1Cc2cnoc2CN(C)C1=O. The first-order valence-electron chi connectivity index (χ1n) is 4.36. The average molecular weight is 180 g/mol. The molecule has 1 atom stereocenters. The zero-order chi connectivity index (χ0) is 9.42. The summed E-state index contributed by atoms with van der Waals surface area (Å²) in [5.74, 6) is 1.03. The summed E-state index contributed by atoms with van der Waals surface area (Å²) >= 11 is 0. The minimum Gasteiger partial charge on any atom is -0.359 e. The van der Waals surface area contributed by atoms with E-state index >= 15 is 0 Å². The molecule has 0 bridgehead atoms. The number of hydrogen-bond acceptors (Lipinski definition) is 3. The number of hydrogen-bond donors (Lipinski definition) is 0. The Balaban J connectivity index is 2.34. The third-order valence-electron chi connectivity index (χ3n) is 2.43. The molecule has 0 radical (unpaired) electrons. The van der Waals surface area contributed by atoms with E-state index < -0.39 is 0 Å². The summed E-state index contributed by atoms with van der Waals surface area (Å²) in [6.07, 6.45) is 2.44. The molecule has 0 saturated carbocycles. The Morgan fingerprint density at radius 2 is 2.46 bits per heavy atom. The van der Waals surface area contributed by atoms with Crippen molar-refractivity contribution >= 4 is 5.91 Å². The fourth-order valence-corrected chi connectivity index (χ4v) is 1.67. The monoisotopic (exact) mass is 180 g/mol. The van der Waals surface area contributed by atoms with Crippen LogP contribution in [0.5, 0.6) is 0 Å². The molecule has 0 aliphatic carbocycles. The molecule has 4 nitrogen and oxygen atoms in total. The molecule has 70 valence electrons. The Bertz CT molecular complexity index is 304. The summed E-state index contributed by atoms with van der Waals surface area (Å²) in [7, 11) is 1.79. The minimum absolute atomic E-state index is 0.0330. The van der Waals surface area contributed by atoms with Crippen LogP contribution in [0.25, 0.3) is 0 Å². The van der Waals surface area contributed by atoms with Crippen molar-refractivity contribution in [2.75, 3.05) is 7.05 Å². The zero-order valence-corrected chi connectivity index (χ0v) is 7.78. The molecule has 2 heterocycles. The fraction of sp³-hybridized carbons (Fsp3) is 0.556. The van der Waals surface area contributed by atoms with E-state index in [1.165, 1.54) is 0 Å². The van der Waals surface area contributed by atoms with Crippen LogP contribution in [0.3, 0.4) is 0 Å². The number of nitrogens with zero attached hydrogens (tertiary/aromatic N) is 2. The Morgan fingerprint density at radius 3 is 3.23 bits per heavy atom. The van der Waals surface area contributed by atoms with Crippen molar-refractivity contribution in [3.63, 3.8) is 0 Å². The molecule has 1 aliphatic rings. The minimum atomic E-state index is 0.0330. The molecule has 0 fully saturated rings. The Hall–Kier alpha value is -1.32. The first-order valence-corrected chi connectivity index (χ1v) is 4.36. The van der Waals surface area contributed by atoms with Gasteiger partial charge in [0.1, 0.15) is 0 Å². The highest BCUT2D eigenvalue weighted by Gasteiger charge is 2.26. The Labute approximate surface area is 76.5 Å². The number of aromatic nitrogens is 1. The molecule has 0 aromatic carbocycles. The molecule has 1 aromatic heterocycles. The van der Waals surface area contributed by atoms with Gasteiger partial charge < -0.3 is 9.42 Å². The van der Waals surface area contributed by atoms with E-state index in [-0.39, 0.29) is 11.8 Å². The van der Waals surface area contributed by atoms with Gasteiger partial charge in [-0.3, -0.25) is 4.79 Å². The lowest BCUT2D eigenvalue weighted by atomic mass is 10.0. The van der Waals surface area contributed by atoms with E-state index in [1.807, 2.05) is 6.92 Å². The van der Waals surface area contributed by atoms with Gasteiger partial charge in [-0.2, -0.15) is 0 Å². The van der Waals surface area contributed by atoms with Crippen LogP contribution in [-0.2, 0) is 17.8 Å². The van der Waals surface area contributed by atoms with E-state index in [1.54, 1.807) is 18.1 Å². The van der Waals surface area contributed by atoms with Crippen molar-refractivity contribution in [1.82, 2.24) is 10.1 Å². The van der Waals surface area contributed by atoms with Crippen molar-refractivity contribution in [3.05, 3.63) is 17.5 Å². The highest BCUT2D eigenvalue weighted by molar-refractivity contribution is 5.79. The van der Waals surface area contributed by atoms with Crippen LogP contribution in [0.1, 0.15) is 18.2 Å². The van der Waals surface area contributed by atoms with Gasteiger partial charge in [0, 0.05) is 18.5 Å². The molecule has 1 aliphatic heterocycles. The van der Waals surface area contributed by atoms with E-state index in [2.05, 4.69) is 5.16 Å². The first-order chi connectivity index (χ1) is 6.18. The topological polar surface area (TPSA) is 46.3 Å². The molecule has 0 saturated heterocycles. The Kier molecular flexibility index (Phi) is 1.83. The second kappa shape index (κ2) is 2.87. The molecule has 2 rings (SSSR count). The van der Waals surface area contributed by atoms with Crippen LogP contribution in [0, 0.1) is 5.92 Å². The average Bonchev–Trinajstić information content (AvgIpc) is 2.47. The van der Waals surface area contributed by atoms with Gasteiger partial charge in [0.05, 0.1) is 12.7 Å². The van der Waals surface area contributed by atoms with Crippen LogP contribution in [0.15, 0.2) is 10.7 Å². The normalized spacial score (nSPS) is 22.8. The molecule has 0 N–H and O–H groups in total. The molecule has 4 heteroatoms. The third kappa shape index (κ3) is 1.32. The van der Waals surface area contributed by atoms with Crippen LogP contribution < -0.4 is 0 Å². The van der Waals surface area contributed by atoms with Gasteiger partial charge in [0.25, 0.3) is 0 Å². The third-order valence-corrected chi connectivity index (χ3v) is 2.43. The van der Waals surface area contributed by atoms with Gasteiger partial charge in [0.2, 0.25) is 5.91 Å². The molecule has 1 amide bonds. The van der Waals surface area contributed by atoms with Gasteiger partial charge >= 0.3 is 0 Å². The van der Waals surface area contributed by atoms with Gasteiger partial charge in [-0.05, 0) is 6.42 Å². The van der Waals surface area contributed by atoms with Crippen molar-refractivity contribution in [3.8, 4) is 0 Å². The number of carbonyl (C=O) groups excluding carboxylic acids is 1. The lowest BCUT2D eigenvalue weighted by Crippen LogP contribution is -2.29. The smallest absolute Gasteiger partial charge is 0.225 e. The van der Waals surface area contributed by atoms with Crippen LogP contribution >= 0.6 is 0 Å². The first kappa shape index (κ1) is 8.29. The highest BCUT2D eigenvalue weighted by Crippen LogP contribution is 2.21. The fourth-order valence-electron chi connectivity index (χ4n) is 1.67. The van der Waals surface area contributed by atoms with Gasteiger partial charge in [-0.1, -0.05) is 12.1 Å². The summed E-state index contributed by atoms with van der Waals surface area (Å²) < 4.78 is 5.06. The summed E-state index contributed by atoms with van der Waals surface area (Å²) in [6, 6.07) is 0. The van der Waals surface area contributed by atoms with Crippen molar-refractivity contribution in [1.29, 1.82) is 0 Å². The number of carbonyl (C=O) groups is 1. The second-order valence-corrected chi connectivity index (χ2v) is 3.57. The van der Waals surface area contributed by atoms with Gasteiger partial charge in [-0.25, -0.2) is 0 Å². The summed E-state index contributed by atoms with van der Waals surface area (Å²) in [6.45, 7) is 2.47. The van der Waals surface area contributed by atoms with Crippen molar-refractivity contribution in [2.45, 2.75) is 19.9 Å². The predicted octanol–water partition coefficient (Wildman–Crippen LogP) is 0.825. The maximum absolute atomic E-state index is 11.6. The zero-order valence-electron chi connectivity index (χ0n) is 7.78. The van der Waals surface area contributed by atoms with Gasteiger partial charge in [0.15, 0.2) is 5.76 Å². The predicted molar refractivity (Wildman–Crippen MR) is 45.8 cm³/mol. The molecular formula is C9H12N2O2. The summed E-state index contributed by atoms with van der Waals surface area (Å²) in [5, 5.41) is 3.73. The summed E-state index contributed by atoms with van der Waals surface area (Å²) in [4.78, 5) is 13.3. The van der Waals surface area contributed by atoms with E-state index in [9.17, 15) is 4.79 Å². The molecule has 0 spiro atoms. The lowest BCUT2D eigenvalue weighted by molar-refractivity contribution is -0.133. The van der Waals surface area contributed by atoms with E-state index in [0.29, 0.717) is 6.54 Å². The largest absolute Gasteiger partial charge is 0.359 e. The van der Waals surface area contributed by atoms with Gasteiger partial charge in [-0.15, -0.1) is 0 Å². The van der Waals surface area contributed by atoms with E-state index in [4.69, 9.17) is 4.52 Å². The number of amides is 1. The molecule has 1 unspecified atom stereocenters. The van der Waals surface area contributed by atoms with Crippen molar-refractivity contribution in [2.24, 2.45) is 5.92 Å². The number of fused-ring (bicyclic) bond motifs is 1. The Morgan fingerprint density at radius 1 is 1.69 bits per heavy atom. The summed E-state index contributed by atoms with van der Waals surface area (Å²) in [5.41, 5.74) is 1.06. The quantitative estimate of drug-likeness (QED) is 0.594. The molecule has 1 aromatic rings. The number of rotatable bonds is 0. The lowest BCUT2D eigenvalue weighted by Gasteiger charge is -2.15. The van der Waals surface area contributed by atoms with E-state index in [0.717, 1.165) is 17.7 Å². The highest BCUT2D eigenvalue weighted by atomic mass is 16.5. The molecule has 13 heavy (non-hydrogen) atoms. The molecular weight excluding hydrogens is 168 g/mol. The maximum Gasteiger partial charge on any atom is 0.225 e. The van der Waals surface area contributed by atoms with Crippen LogP contribution in [-0.4, -0.2) is 23.0 Å². The maximum atomic E-state index is 11.6. The van der Waals surface area contributed by atoms with Crippen LogP contribution in [0.2, 0.25) is 0 Å². The second-order valence-electron chi connectivity index (χ2n) is 3.57. The van der Waals surface area contributed by atoms with Crippen molar-refractivity contribution < 1.29 is 9.32 Å². The van der Waals surface area contributed by atoms with Crippen LogP contribution in [0.4, 0.5) is 0 Å².